The van der Waals surface area contributed by atoms with Crippen molar-refractivity contribution in [2.45, 2.75) is 6.54 Å². The lowest BCUT2D eigenvalue weighted by Gasteiger charge is -2.20. The van der Waals surface area contributed by atoms with Crippen LogP contribution in [0.4, 0.5) is 10.5 Å². The molecule has 0 fully saturated rings. The van der Waals surface area contributed by atoms with E-state index in [2.05, 4.69) is 11.9 Å². The molecule has 6 heteroatoms. The number of hydrogen-bond donors (Lipinski definition) is 2. The number of nitrogens with zero attached hydrogens (tertiary/aromatic N) is 2. The third-order valence-corrected chi connectivity index (χ3v) is 3.46. The smallest absolute Gasteiger partial charge is 0.322 e. The number of aromatic nitrogens is 1. The molecular weight excluding hydrogens is 306 g/mol. The lowest BCUT2D eigenvalue weighted by atomic mass is 10.2. The highest BCUT2D eigenvalue weighted by molar-refractivity contribution is 5.89. The summed E-state index contributed by atoms with van der Waals surface area (Å²) in [5, 5.41) is 11.6. The summed E-state index contributed by atoms with van der Waals surface area (Å²) in [6, 6.07) is 12.4. The number of urea groups is 1. The summed E-state index contributed by atoms with van der Waals surface area (Å²) in [5.41, 5.74) is 0.916. The summed E-state index contributed by atoms with van der Waals surface area (Å²) in [4.78, 5) is 26.1. The molecule has 0 spiro atoms. The minimum Gasteiger partial charge on any atom is -0.395 e. The molecule has 0 radical (unpaired) electrons. The van der Waals surface area contributed by atoms with E-state index in [1.165, 1.54) is 9.47 Å². The number of hydrogen-bond acceptors (Lipinski definition) is 3. The molecule has 2 aromatic rings. The number of nitrogens with one attached hydrogen (secondary N) is 1. The number of benzene rings is 1. The first-order chi connectivity index (χ1) is 11.7. The van der Waals surface area contributed by atoms with Crippen molar-refractivity contribution in [2.24, 2.45) is 0 Å². The van der Waals surface area contributed by atoms with Crippen LogP contribution in [0.15, 0.2) is 66.1 Å². The van der Waals surface area contributed by atoms with Crippen LogP contribution in [0, 0.1) is 0 Å². The van der Waals surface area contributed by atoms with Gasteiger partial charge in [-0.25, -0.2) is 4.79 Å². The van der Waals surface area contributed by atoms with E-state index in [0.717, 1.165) is 5.56 Å². The molecule has 0 bridgehead atoms. The summed E-state index contributed by atoms with van der Waals surface area (Å²) >= 11 is 0. The summed E-state index contributed by atoms with van der Waals surface area (Å²) in [6.45, 7) is 4.31. The summed E-state index contributed by atoms with van der Waals surface area (Å²) in [6.07, 6.45) is 3.24. The van der Waals surface area contributed by atoms with Crippen molar-refractivity contribution < 1.29 is 9.90 Å². The van der Waals surface area contributed by atoms with Crippen LogP contribution >= 0.6 is 0 Å². The zero-order valence-electron chi connectivity index (χ0n) is 13.4. The van der Waals surface area contributed by atoms with Gasteiger partial charge in [0, 0.05) is 19.3 Å². The molecule has 1 aromatic heterocycles. The van der Waals surface area contributed by atoms with Gasteiger partial charge in [-0.1, -0.05) is 36.4 Å². The molecule has 2 N–H and O–H groups in total. The monoisotopic (exact) mass is 327 g/mol. The zero-order chi connectivity index (χ0) is 17.4. The zero-order valence-corrected chi connectivity index (χ0v) is 13.4. The lowest BCUT2D eigenvalue weighted by Crippen LogP contribution is -2.38. The fourth-order valence-corrected chi connectivity index (χ4v) is 2.28. The number of carbonyl (C=O) groups is 1. The van der Waals surface area contributed by atoms with E-state index in [0.29, 0.717) is 6.54 Å². The lowest BCUT2D eigenvalue weighted by molar-refractivity contribution is 0.195. The van der Waals surface area contributed by atoms with E-state index in [9.17, 15) is 9.59 Å². The molecule has 0 saturated carbocycles. The van der Waals surface area contributed by atoms with Gasteiger partial charge in [-0.05, 0) is 17.7 Å². The molecule has 0 aliphatic rings. The van der Waals surface area contributed by atoms with Gasteiger partial charge in [0.1, 0.15) is 5.69 Å². The largest absolute Gasteiger partial charge is 0.395 e. The second-order valence-corrected chi connectivity index (χ2v) is 5.23. The predicted octanol–water partition coefficient (Wildman–Crippen LogP) is 1.91. The normalized spacial score (nSPS) is 10.2. The van der Waals surface area contributed by atoms with Crippen molar-refractivity contribution in [3.63, 3.8) is 0 Å². The highest BCUT2D eigenvalue weighted by atomic mass is 16.3. The molecule has 1 aromatic carbocycles. The Morgan fingerprint density at radius 1 is 1.25 bits per heavy atom. The first kappa shape index (κ1) is 17.5. The highest BCUT2D eigenvalue weighted by Gasteiger charge is 2.13. The third-order valence-electron chi connectivity index (χ3n) is 3.46. The van der Waals surface area contributed by atoms with E-state index < -0.39 is 6.03 Å². The molecule has 126 valence electrons. The van der Waals surface area contributed by atoms with Crippen LogP contribution in [0.1, 0.15) is 5.56 Å². The number of aliphatic hydroxyl groups is 1. The Bertz CT molecular complexity index is 741. The van der Waals surface area contributed by atoms with Gasteiger partial charge in [0.2, 0.25) is 0 Å². The summed E-state index contributed by atoms with van der Waals surface area (Å²) < 4.78 is 1.54. The molecule has 6 nitrogen and oxygen atoms in total. The fourth-order valence-electron chi connectivity index (χ4n) is 2.28. The van der Waals surface area contributed by atoms with Gasteiger partial charge in [0.15, 0.2) is 0 Å². The molecule has 1 heterocycles. The molecule has 2 amide bonds. The van der Waals surface area contributed by atoms with Crippen LogP contribution in [-0.4, -0.2) is 40.3 Å². The Morgan fingerprint density at radius 2 is 2.00 bits per heavy atom. The maximum Gasteiger partial charge on any atom is 0.322 e. The highest BCUT2D eigenvalue weighted by Crippen LogP contribution is 2.05. The number of carbonyl (C=O) groups excluding carboxylic acids is 1. The predicted molar refractivity (Wildman–Crippen MR) is 94.1 cm³/mol. The number of amides is 2. The molecule has 0 unspecified atom stereocenters. The molecular formula is C18H21N3O3. The Morgan fingerprint density at radius 3 is 2.67 bits per heavy atom. The maximum absolute atomic E-state index is 12.5. The van der Waals surface area contributed by atoms with E-state index in [1.54, 1.807) is 24.4 Å². The average Bonchev–Trinajstić information content (AvgIpc) is 2.59. The van der Waals surface area contributed by atoms with Crippen LogP contribution in [0.25, 0.3) is 0 Å². The van der Waals surface area contributed by atoms with Crippen LogP contribution in [0.3, 0.4) is 0 Å². The van der Waals surface area contributed by atoms with E-state index >= 15 is 0 Å². The quantitative estimate of drug-likeness (QED) is 0.763. The molecule has 2 rings (SSSR count). The molecule has 0 aliphatic heterocycles. The number of aliphatic hydroxyl groups excluding tert-OH is 1. The minimum atomic E-state index is -0.446. The van der Waals surface area contributed by atoms with Gasteiger partial charge < -0.3 is 19.9 Å². The molecule has 0 atom stereocenters. The van der Waals surface area contributed by atoms with Gasteiger partial charge in [-0.2, -0.15) is 0 Å². The Hall–Kier alpha value is -2.86. The first-order valence-corrected chi connectivity index (χ1v) is 7.66. The van der Waals surface area contributed by atoms with Gasteiger partial charge in [0.25, 0.3) is 5.56 Å². The topological polar surface area (TPSA) is 74.6 Å². The van der Waals surface area contributed by atoms with Crippen molar-refractivity contribution in [1.82, 2.24) is 9.47 Å². The summed E-state index contributed by atoms with van der Waals surface area (Å²) in [7, 11) is 0. The molecule has 0 saturated heterocycles. The first-order valence-electron chi connectivity index (χ1n) is 7.66. The van der Waals surface area contributed by atoms with Crippen LogP contribution in [0.2, 0.25) is 0 Å². The summed E-state index contributed by atoms with van der Waals surface area (Å²) in [5.74, 6) is 0. The van der Waals surface area contributed by atoms with Crippen LogP contribution in [0.5, 0.6) is 0 Å². The van der Waals surface area contributed by atoms with Gasteiger partial charge in [0.05, 0.1) is 13.2 Å². The Labute approximate surface area is 140 Å². The van der Waals surface area contributed by atoms with Crippen LogP contribution < -0.4 is 10.9 Å². The van der Waals surface area contributed by atoms with Crippen molar-refractivity contribution in [2.75, 3.05) is 25.0 Å². The SMILES string of the molecule is C=CCN(CCO)C(=O)Nc1cccn(Cc2ccccc2)c1=O. The second-order valence-electron chi connectivity index (χ2n) is 5.23. The van der Waals surface area contributed by atoms with Crippen molar-refractivity contribution >= 4 is 11.7 Å². The van der Waals surface area contributed by atoms with E-state index in [1.807, 2.05) is 30.3 Å². The maximum atomic E-state index is 12.5. The molecule has 24 heavy (non-hydrogen) atoms. The van der Waals surface area contributed by atoms with Crippen LogP contribution in [-0.2, 0) is 6.54 Å². The van der Waals surface area contributed by atoms with Crippen molar-refractivity contribution in [1.29, 1.82) is 0 Å². The third kappa shape index (κ3) is 4.57. The number of pyridine rings is 1. The minimum absolute atomic E-state index is 0.158. The van der Waals surface area contributed by atoms with Crippen molar-refractivity contribution in [3.05, 3.63) is 77.2 Å². The van der Waals surface area contributed by atoms with Crippen molar-refractivity contribution in [3.8, 4) is 0 Å². The average molecular weight is 327 g/mol. The van der Waals surface area contributed by atoms with Gasteiger partial charge in [-0.3, -0.25) is 4.79 Å². The molecule has 0 aliphatic carbocycles. The Kier molecular flexibility index (Phi) is 6.33. The number of anilines is 1. The second kappa shape index (κ2) is 8.69. The Balaban J connectivity index is 2.16. The fraction of sp³-hybridized carbons (Fsp3) is 0.222. The standard InChI is InChI=1S/C18H21N3O3/c1-2-10-20(12-13-22)18(24)19-16-9-6-11-21(17(16)23)14-15-7-4-3-5-8-15/h2-9,11,22H,1,10,12-14H2,(H,19,24). The van der Waals surface area contributed by atoms with Gasteiger partial charge >= 0.3 is 6.03 Å². The number of rotatable bonds is 7. The van der Waals surface area contributed by atoms with E-state index in [4.69, 9.17) is 5.11 Å². The van der Waals surface area contributed by atoms with E-state index in [-0.39, 0.29) is 30.9 Å². The van der Waals surface area contributed by atoms with Gasteiger partial charge in [-0.15, -0.1) is 6.58 Å².